The molecule has 2 aliphatic rings. The highest BCUT2D eigenvalue weighted by Crippen LogP contribution is 2.40. The molecule has 0 radical (unpaired) electrons. The van der Waals surface area contributed by atoms with Crippen molar-refractivity contribution in [1.29, 1.82) is 0 Å². The summed E-state index contributed by atoms with van der Waals surface area (Å²) in [6.45, 7) is 6.78. The quantitative estimate of drug-likeness (QED) is 0.564. The summed E-state index contributed by atoms with van der Waals surface area (Å²) in [4.78, 5) is 8.26. The normalized spacial score (nSPS) is 23.0. The lowest BCUT2D eigenvalue weighted by atomic mass is 10.0. The number of aromatic nitrogens is 5. The molecular weight excluding hydrogens is 484 g/mol. The molecule has 188 valence electrons. The van der Waals surface area contributed by atoms with Crippen LogP contribution in [0.5, 0.6) is 0 Å². The minimum atomic E-state index is -3.96. The third kappa shape index (κ3) is 5.35. The summed E-state index contributed by atoms with van der Waals surface area (Å²) in [7, 11) is -2.55. The summed E-state index contributed by atoms with van der Waals surface area (Å²) in [5, 5.41) is 7.92. The minimum Gasteiger partial charge on any atom is -0.381 e. The predicted molar refractivity (Wildman–Crippen MR) is 125 cm³/mol. The second kappa shape index (κ2) is 10.0. The van der Waals surface area contributed by atoms with Crippen LogP contribution in [0.1, 0.15) is 76.4 Å². The Morgan fingerprint density at radius 2 is 1.88 bits per heavy atom. The Morgan fingerprint density at radius 3 is 2.47 bits per heavy atom. The number of sulfonamides is 1. The molecule has 2 aromatic rings. The van der Waals surface area contributed by atoms with E-state index in [4.69, 9.17) is 25.8 Å². The lowest BCUT2D eigenvalue weighted by Gasteiger charge is -2.28. The van der Waals surface area contributed by atoms with Crippen molar-refractivity contribution in [2.24, 2.45) is 0 Å². The van der Waals surface area contributed by atoms with Crippen LogP contribution < -0.4 is 4.72 Å². The zero-order chi connectivity index (χ0) is 24.5. The second-order valence-electron chi connectivity index (χ2n) is 9.27. The fourth-order valence-corrected chi connectivity index (χ4v) is 5.65. The summed E-state index contributed by atoms with van der Waals surface area (Å²) >= 11 is 5.87. The molecule has 2 aliphatic heterocycles. The maximum Gasteiger partial charge on any atom is 0.240 e. The van der Waals surface area contributed by atoms with Gasteiger partial charge in [0.25, 0.3) is 0 Å². The van der Waals surface area contributed by atoms with Crippen LogP contribution in [0.3, 0.4) is 0 Å². The van der Waals surface area contributed by atoms with Gasteiger partial charge in [0.1, 0.15) is 17.5 Å². The van der Waals surface area contributed by atoms with Crippen LogP contribution in [-0.2, 0) is 24.2 Å². The van der Waals surface area contributed by atoms with Crippen molar-refractivity contribution >= 4 is 27.6 Å². The van der Waals surface area contributed by atoms with E-state index < -0.39 is 21.4 Å². The number of nitrogens with zero attached hydrogens (tertiary/aromatic N) is 5. The highest BCUT2D eigenvalue weighted by Gasteiger charge is 2.39. The van der Waals surface area contributed by atoms with E-state index in [-0.39, 0.29) is 29.5 Å². The first-order chi connectivity index (χ1) is 16.1. The lowest BCUT2D eigenvalue weighted by Crippen LogP contribution is -2.34. The van der Waals surface area contributed by atoms with Gasteiger partial charge in [-0.1, -0.05) is 11.6 Å². The number of hydrogen-bond donors (Lipinski definition) is 1. The third-order valence-corrected chi connectivity index (χ3v) is 8.22. The first-order valence-corrected chi connectivity index (χ1v) is 13.3. The molecular formula is C21H31ClN6O5S. The summed E-state index contributed by atoms with van der Waals surface area (Å²) < 4.78 is 48.5. The first kappa shape index (κ1) is 25.2. The number of anilines is 1. The maximum atomic E-state index is 13.4. The fraction of sp³-hybridized carbons (Fsp3) is 0.714. The van der Waals surface area contributed by atoms with E-state index in [2.05, 4.69) is 24.9 Å². The van der Waals surface area contributed by atoms with Crippen LogP contribution in [-0.4, -0.2) is 64.3 Å². The number of halogens is 1. The van der Waals surface area contributed by atoms with Gasteiger partial charge >= 0.3 is 0 Å². The average Bonchev–Trinajstić information content (AvgIpc) is 3.38. The zero-order valence-electron chi connectivity index (χ0n) is 19.8. The summed E-state index contributed by atoms with van der Waals surface area (Å²) in [6, 6.07) is -0.00288. The molecule has 11 nitrogen and oxygen atoms in total. The van der Waals surface area contributed by atoms with E-state index in [0.29, 0.717) is 24.1 Å². The summed E-state index contributed by atoms with van der Waals surface area (Å²) in [5.41, 5.74) is -0.268. The number of rotatable bonds is 8. The van der Waals surface area contributed by atoms with Crippen molar-refractivity contribution in [3.8, 4) is 0 Å². The Balaban J connectivity index is 1.63. The fourth-order valence-electron chi connectivity index (χ4n) is 4.42. The predicted octanol–water partition coefficient (Wildman–Crippen LogP) is 3.22. The number of ether oxygens (including phenoxy) is 3. The summed E-state index contributed by atoms with van der Waals surface area (Å²) in [5.74, 6) is 1.01. The van der Waals surface area contributed by atoms with E-state index in [1.165, 1.54) is 26.4 Å². The Labute approximate surface area is 204 Å². The molecule has 0 aliphatic carbocycles. The van der Waals surface area contributed by atoms with Crippen molar-refractivity contribution < 1.29 is 22.6 Å². The van der Waals surface area contributed by atoms with Crippen LogP contribution >= 0.6 is 11.6 Å². The van der Waals surface area contributed by atoms with E-state index in [9.17, 15) is 8.42 Å². The molecule has 0 amide bonds. The number of methoxy groups -OCH3 is 1. The van der Waals surface area contributed by atoms with Gasteiger partial charge in [-0.3, -0.25) is 9.29 Å². The smallest absolute Gasteiger partial charge is 0.240 e. The van der Waals surface area contributed by atoms with Crippen molar-refractivity contribution in [2.45, 2.75) is 75.6 Å². The van der Waals surface area contributed by atoms with Crippen molar-refractivity contribution in [2.75, 3.05) is 25.0 Å². The van der Waals surface area contributed by atoms with Gasteiger partial charge in [0.2, 0.25) is 16.0 Å². The van der Waals surface area contributed by atoms with Gasteiger partial charge in [-0.2, -0.15) is 0 Å². The standard InChI is InChI=1S/C21H31ClN6O5S/c1-13(17(31-4)18-23-11-14(22)12-24-18)34(29,30)27-20-26-25-19(16-5-8-21(2,3)33-16)28(20)15-6-9-32-10-7-15/h11-13,15-17H,5-10H2,1-4H3,(H,26,27)/t13-,16-,17-/m0/s1. The zero-order valence-corrected chi connectivity index (χ0v) is 21.3. The molecule has 0 saturated carbocycles. The molecule has 0 spiro atoms. The van der Waals surface area contributed by atoms with Gasteiger partial charge in [0.05, 0.1) is 10.6 Å². The molecule has 34 heavy (non-hydrogen) atoms. The molecule has 2 fully saturated rings. The van der Waals surface area contributed by atoms with Crippen LogP contribution in [0.25, 0.3) is 0 Å². The highest BCUT2D eigenvalue weighted by molar-refractivity contribution is 7.93. The molecule has 13 heteroatoms. The molecule has 0 unspecified atom stereocenters. The van der Waals surface area contributed by atoms with Crippen LogP contribution in [0, 0.1) is 0 Å². The molecule has 4 rings (SSSR count). The Bertz CT molecular complexity index is 1090. The highest BCUT2D eigenvalue weighted by atomic mass is 35.5. The lowest BCUT2D eigenvalue weighted by molar-refractivity contribution is -0.0232. The molecule has 4 heterocycles. The van der Waals surface area contributed by atoms with Crippen molar-refractivity contribution in [1.82, 2.24) is 24.7 Å². The molecule has 2 aromatic heterocycles. The van der Waals surface area contributed by atoms with E-state index in [1.54, 1.807) is 0 Å². The van der Waals surface area contributed by atoms with Crippen LogP contribution in [0.15, 0.2) is 12.4 Å². The second-order valence-corrected chi connectivity index (χ2v) is 11.7. The van der Waals surface area contributed by atoms with Gasteiger partial charge < -0.3 is 14.2 Å². The van der Waals surface area contributed by atoms with E-state index in [0.717, 1.165) is 25.7 Å². The van der Waals surface area contributed by atoms with Crippen molar-refractivity contribution in [3.05, 3.63) is 29.1 Å². The van der Waals surface area contributed by atoms with Gasteiger partial charge in [-0.05, 0) is 46.5 Å². The van der Waals surface area contributed by atoms with Crippen LogP contribution in [0.2, 0.25) is 5.02 Å². The van der Waals surface area contributed by atoms with Crippen molar-refractivity contribution in [3.63, 3.8) is 0 Å². The molecule has 3 atom stereocenters. The Hall–Kier alpha value is -1.86. The maximum absolute atomic E-state index is 13.4. The van der Waals surface area contributed by atoms with Gasteiger partial charge in [0, 0.05) is 38.8 Å². The SMILES string of the molecule is CO[C@H](c1ncc(Cl)cn1)[C@H](C)S(=O)(=O)Nc1nnc([C@@H]2CCC(C)(C)O2)n1C1CCOCC1. The molecule has 1 N–H and O–H groups in total. The van der Waals surface area contributed by atoms with E-state index in [1.807, 2.05) is 18.4 Å². The number of hydrogen-bond acceptors (Lipinski definition) is 9. The Kier molecular flexibility index (Phi) is 7.44. The third-order valence-electron chi connectivity index (χ3n) is 6.33. The molecule has 2 saturated heterocycles. The van der Waals surface area contributed by atoms with Gasteiger partial charge in [-0.25, -0.2) is 18.4 Å². The monoisotopic (exact) mass is 514 g/mol. The van der Waals surface area contributed by atoms with Gasteiger partial charge in [-0.15, -0.1) is 10.2 Å². The van der Waals surface area contributed by atoms with Crippen LogP contribution in [0.4, 0.5) is 5.95 Å². The summed E-state index contributed by atoms with van der Waals surface area (Å²) in [6.07, 6.45) is 4.77. The molecule has 0 bridgehead atoms. The van der Waals surface area contributed by atoms with Gasteiger partial charge in [0.15, 0.2) is 11.6 Å². The largest absolute Gasteiger partial charge is 0.381 e. The first-order valence-electron chi connectivity index (χ1n) is 11.3. The average molecular weight is 515 g/mol. The Morgan fingerprint density at radius 1 is 1.21 bits per heavy atom. The topological polar surface area (TPSA) is 130 Å². The molecule has 0 aromatic carbocycles. The number of nitrogens with one attached hydrogen (secondary N) is 1. The van der Waals surface area contributed by atoms with E-state index >= 15 is 0 Å². The minimum absolute atomic E-state index is 0.00288.